The molecule has 1 aliphatic rings. The van der Waals surface area contributed by atoms with Crippen molar-refractivity contribution in [1.82, 2.24) is 10.2 Å². The maximum absolute atomic E-state index is 12.5. The highest BCUT2D eigenvalue weighted by Crippen LogP contribution is 2.24. The summed E-state index contributed by atoms with van der Waals surface area (Å²) in [6.07, 6.45) is 1.29. The van der Waals surface area contributed by atoms with Gasteiger partial charge in [-0.3, -0.25) is 9.59 Å². The summed E-state index contributed by atoms with van der Waals surface area (Å²) < 4.78 is 5.49. The minimum absolute atomic E-state index is 0. The zero-order valence-electron chi connectivity index (χ0n) is 13.7. The van der Waals surface area contributed by atoms with Crippen molar-refractivity contribution < 1.29 is 14.3 Å². The summed E-state index contributed by atoms with van der Waals surface area (Å²) in [5, 5.41) is 6.10. The first-order valence-electron chi connectivity index (χ1n) is 7.37. The number of nitrogens with zero attached hydrogens (tertiary/aromatic N) is 1. The second-order valence-electron chi connectivity index (χ2n) is 5.68. The molecule has 23 heavy (non-hydrogen) atoms. The summed E-state index contributed by atoms with van der Waals surface area (Å²) in [7, 11) is 4.98. The van der Waals surface area contributed by atoms with E-state index >= 15 is 0 Å². The Labute approximate surface area is 143 Å². The van der Waals surface area contributed by atoms with Gasteiger partial charge in [-0.15, -0.1) is 12.4 Å². The highest BCUT2D eigenvalue weighted by Gasteiger charge is 2.39. The molecule has 2 rings (SSSR count). The molecule has 6 nitrogen and oxygen atoms in total. The van der Waals surface area contributed by atoms with Crippen molar-refractivity contribution >= 4 is 29.9 Å². The third-order valence-electron chi connectivity index (χ3n) is 4.01. The lowest BCUT2D eigenvalue weighted by molar-refractivity contribution is -0.140. The first-order valence-corrected chi connectivity index (χ1v) is 7.37. The van der Waals surface area contributed by atoms with Crippen LogP contribution < -0.4 is 10.6 Å². The molecular weight excluding hydrogens is 318 g/mol. The Morgan fingerprint density at radius 1 is 1.17 bits per heavy atom. The number of methoxy groups -OCH3 is 1. The Balaban J connectivity index is 0.00000264. The Kier molecular flexibility index (Phi) is 7.00. The van der Waals surface area contributed by atoms with Crippen LogP contribution in [-0.4, -0.2) is 56.6 Å². The van der Waals surface area contributed by atoms with Gasteiger partial charge in [-0.2, -0.15) is 0 Å². The molecule has 1 heterocycles. The molecule has 0 atom stereocenters. The van der Waals surface area contributed by atoms with Crippen molar-refractivity contribution in [2.45, 2.75) is 18.4 Å². The molecule has 0 unspecified atom stereocenters. The van der Waals surface area contributed by atoms with E-state index in [2.05, 4.69) is 10.6 Å². The van der Waals surface area contributed by atoms with Gasteiger partial charge in [0.1, 0.15) is 5.60 Å². The van der Waals surface area contributed by atoms with Gasteiger partial charge in [-0.05, 0) is 50.2 Å². The minimum atomic E-state index is -0.774. The molecule has 1 aromatic carbocycles. The van der Waals surface area contributed by atoms with Crippen molar-refractivity contribution in [3.63, 3.8) is 0 Å². The summed E-state index contributed by atoms with van der Waals surface area (Å²) in [6.45, 7) is 1.52. The normalized spacial score (nSPS) is 16.1. The van der Waals surface area contributed by atoms with Gasteiger partial charge < -0.3 is 20.3 Å². The molecule has 0 bridgehead atoms. The minimum Gasteiger partial charge on any atom is -0.368 e. The Morgan fingerprint density at radius 2 is 1.74 bits per heavy atom. The summed E-state index contributed by atoms with van der Waals surface area (Å²) >= 11 is 0. The zero-order valence-corrected chi connectivity index (χ0v) is 14.5. The number of carbonyl (C=O) groups excluding carboxylic acids is 2. The fraction of sp³-hybridized carbons (Fsp3) is 0.500. The van der Waals surface area contributed by atoms with E-state index in [1.54, 1.807) is 45.5 Å². The van der Waals surface area contributed by atoms with E-state index in [-0.39, 0.29) is 24.2 Å². The number of nitrogens with one attached hydrogen (secondary N) is 2. The second kappa shape index (κ2) is 8.29. The zero-order chi connectivity index (χ0) is 16.2. The predicted octanol–water partition coefficient (Wildman–Crippen LogP) is 1.52. The molecule has 2 N–H and O–H groups in total. The summed E-state index contributed by atoms with van der Waals surface area (Å²) in [4.78, 5) is 25.9. The highest BCUT2D eigenvalue weighted by atomic mass is 35.5. The summed E-state index contributed by atoms with van der Waals surface area (Å²) in [5.41, 5.74) is 0.477. The maximum Gasteiger partial charge on any atom is 0.256 e. The van der Waals surface area contributed by atoms with Gasteiger partial charge >= 0.3 is 0 Å². The average molecular weight is 342 g/mol. The number of halogens is 1. The number of carbonyl (C=O) groups is 2. The van der Waals surface area contributed by atoms with Crippen LogP contribution in [0.2, 0.25) is 0 Å². The molecule has 1 fully saturated rings. The number of ether oxygens (including phenoxy) is 1. The molecule has 7 heteroatoms. The number of amides is 2. The van der Waals surface area contributed by atoms with Crippen LogP contribution in [0.25, 0.3) is 0 Å². The van der Waals surface area contributed by atoms with Crippen molar-refractivity contribution in [3.05, 3.63) is 29.8 Å². The van der Waals surface area contributed by atoms with E-state index in [1.165, 1.54) is 4.90 Å². The molecule has 0 aliphatic carbocycles. The van der Waals surface area contributed by atoms with Gasteiger partial charge in [0.15, 0.2) is 0 Å². The fourth-order valence-corrected chi connectivity index (χ4v) is 2.55. The number of hydrogen-bond acceptors (Lipinski definition) is 4. The Hall–Kier alpha value is -1.63. The topological polar surface area (TPSA) is 70.7 Å². The average Bonchev–Trinajstić information content (AvgIpc) is 2.55. The Bertz CT molecular complexity index is 540. The molecule has 1 aromatic rings. The second-order valence-corrected chi connectivity index (χ2v) is 5.68. The van der Waals surface area contributed by atoms with E-state index in [0.717, 1.165) is 13.1 Å². The van der Waals surface area contributed by atoms with Crippen LogP contribution in [0.3, 0.4) is 0 Å². The van der Waals surface area contributed by atoms with Gasteiger partial charge in [0.05, 0.1) is 0 Å². The molecule has 0 aromatic heterocycles. The van der Waals surface area contributed by atoms with Crippen LogP contribution in [0.15, 0.2) is 24.3 Å². The smallest absolute Gasteiger partial charge is 0.256 e. The van der Waals surface area contributed by atoms with Crippen LogP contribution in [0.1, 0.15) is 23.2 Å². The van der Waals surface area contributed by atoms with Gasteiger partial charge in [-0.1, -0.05) is 0 Å². The van der Waals surface area contributed by atoms with E-state index in [1.807, 2.05) is 0 Å². The first-order chi connectivity index (χ1) is 10.5. The van der Waals surface area contributed by atoms with Gasteiger partial charge in [-0.25, -0.2) is 0 Å². The first kappa shape index (κ1) is 19.4. The van der Waals surface area contributed by atoms with E-state index < -0.39 is 5.60 Å². The molecule has 1 saturated heterocycles. The predicted molar refractivity (Wildman–Crippen MR) is 92.2 cm³/mol. The number of benzene rings is 1. The quantitative estimate of drug-likeness (QED) is 0.871. The largest absolute Gasteiger partial charge is 0.368 e. The van der Waals surface area contributed by atoms with Gasteiger partial charge in [0.25, 0.3) is 11.8 Å². The lowest BCUT2D eigenvalue weighted by Crippen LogP contribution is -2.51. The molecule has 2 amide bonds. The number of rotatable bonds is 4. The molecule has 0 spiro atoms. The van der Waals surface area contributed by atoms with Crippen LogP contribution in [0, 0.1) is 0 Å². The number of anilines is 1. The third-order valence-corrected chi connectivity index (χ3v) is 4.01. The summed E-state index contributed by atoms with van der Waals surface area (Å²) in [6, 6.07) is 6.89. The van der Waals surface area contributed by atoms with Crippen LogP contribution >= 0.6 is 12.4 Å². The lowest BCUT2D eigenvalue weighted by Gasteiger charge is -2.34. The van der Waals surface area contributed by atoms with E-state index in [0.29, 0.717) is 24.1 Å². The highest BCUT2D eigenvalue weighted by molar-refractivity contribution is 5.98. The molecule has 0 saturated carbocycles. The fourth-order valence-electron chi connectivity index (χ4n) is 2.55. The summed E-state index contributed by atoms with van der Waals surface area (Å²) in [5.74, 6) is -0.201. The van der Waals surface area contributed by atoms with Crippen molar-refractivity contribution in [2.24, 2.45) is 0 Å². The van der Waals surface area contributed by atoms with E-state index in [9.17, 15) is 9.59 Å². The van der Waals surface area contributed by atoms with Crippen molar-refractivity contribution in [2.75, 3.05) is 39.6 Å². The van der Waals surface area contributed by atoms with E-state index in [4.69, 9.17) is 4.74 Å². The van der Waals surface area contributed by atoms with Crippen molar-refractivity contribution in [3.8, 4) is 0 Å². The number of piperidine rings is 1. The molecule has 0 radical (unpaired) electrons. The molecular formula is C16H24ClN3O3. The SMILES string of the molecule is COC1(C(=O)Nc2ccc(C(=O)N(C)C)cc2)CCNCC1.Cl. The monoisotopic (exact) mass is 341 g/mol. The van der Waals surface area contributed by atoms with Crippen LogP contribution in [0.4, 0.5) is 5.69 Å². The molecule has 128 valence electrons. The standard InChI is InChI=1S/C16H23N3O3.ClH/c1-19(2)14(20)12-4-6-13(7-5-12)18-15(21)16(22-3)8-10-17-11-9-16;/h4-7,17H,8-11H2,1-3H3,(H,18,21);1H. The lowest BCUT2D eigenvalue weighted by atomic mass is 9.91. The number of hydrogen-bond donors (Lipinski definition) is 2. The van der Waals surface area contributed by atoms with Crippen molar-refractivity contribution in [1.29, 1.82) is 0 Å². The molecule has 1 aliphatic heterocycles. The third kappa shape index (κ3) is 4.43. The van der Waals surface area contributed by atoms with Gasteiger partial charge in [0.2, 0.25) is 0 Å². The van der Waals surface area contributed by atoms with Gasteiger partial charge in [0, 0.05) is 32.5 Å². The van der Waals surface area contributed by atoms with Crippen LogP contribution in [-0.2, 0) is 9.53 Å². The van der Waals surface area contributed by atoms with Crippen LogP contribution in [0.5, 0.6) is 0 Å². The Morgan fingerprint density at radius 3 is 2.22 bits per heavy atom. The maximum atomic E-state index is 12.5.